The second-order valence-corrected chi connectivity index (χ2v) is 8.22. The summed E-state index contributed by atoms with van der Waals surface area (Å²) >= 11 is 3.53. The molecule has 3 nitrogen and oxygen atoms in total. The van der Waals surface area contributed by atoms with Crippen molar-refractivity contribution in [2.24, 2.45) is 5.92 Å². The first-order valence-electron chi connectivity index (χ1n) is 9.74. The van der Waals surface area contributed by atoms with E-state index in [9.17, 15) is 4.79 Å². The molecule has 0 bridgehead atoms. The van der Waals surface area contributed by atoms with E-state index in [1.54, 1.807) is 0 Å². The molecule has 4 rings (SSSR count). The maximum absolute atomic E-state index is 12.8. The monoisotopic (exact) mass is 424 g/mol. The van der Waals surface area contributed by atoms with E-state index in [0.29, 0.717) is 11.8 Å². The molecule has 0 saturated heterocycles. The Hall–Kier alpha value is -2.07. The van der Waals surface area contributed by atoms with E-state index in [1.165, 1.54) is 11.1 Å². The predicted octanol–water partition coefficient (Wildman–Crippen LogP) is 5.76. The third-order valence-electron chi connectivity index (χ3n) is 5.89. The van der Waals surface area contributed by atoms with Crippen LogP contribution in [0.2, 0.25) is 0 Å². The van der Waals surface area contributed by atoms with Gasteiger partial charge in [0.05, 0.1) is 6.04 Å². The number of benzene rings is 2. The predicted molar refractivity (Wildman–Crippen MR) is 114 cm³/mol. The molecule has 1 heterocycles. The van der Waals surface area contributed by atoms with Gasteiger partial charge in [-0.1, -0.05) is 40.2 Å². The lowest BCUT2D eigenvalue weighted by Crippen LogP contribution is -2.32. The highest BCUT2D eigenvalue weighted by Crippen LogP contribution is 2.50. The first-order valence-corrected chi connectivity index (χ1v) is 10.5. The molecule has 1 N–H and O–H groups in total. The summed E-state index contributed by atoms with van der Waals surface area (Å²) in [5.41, 5.74) is 4.50. The van der Waals surface area contributed by atoms with Gasteiger partial charge in [0.2, 0.25) is 0 Å². The quantitative estimate of drug-likeness (QED) is 0.632. The Balaban J connectivity index is 1.69. The molecule has 1 amide bonds. The van der Waals surface area contributed by atoms with Crippen molar-refractivity contribution in [1.82, 2.24) is 4.90 Å². The number of amides is 1. The van der Waals surface area contributed by atoms with Gasteiger partial charge in [-0.2, -0.15) is 0 Å². The Kier molecular flexibility index (Phi) is 5.09. The number of nitrogens with one attached hydrogen (secondary N) is 1. The highest BCUT2D eigenvalue weighted by atomic mass is 79.9. The summed E-state index contributed by atoms with van der Waals surface area (Å²) in [5.74, 6) is 0.966. The maximum Gasteiger partial charge on any atom is 0.253 e. The highest BCUT2D eigenvalue weighted by Gasteiger charge is 2.38. The van der Waals surface area contributed by atoms with E-state index in [4.69, 9.17) is 0 Å². The fraction of sp³-hybridized carbons (Fsp3) is 0.348. The van der Waals surface area contributed by atoms with Crippen LogP contribution in [0.5, 0.6) is 0 Å². The normalized spacial score (nSPS) is 22.7. The lowest BCUT2D eigenvalue weighted by atomic mass is 9.76. The van der Waals surface area contributed by atoms with Gasteiger partial charge in [-0.15, -0.1) is 0 Å². The summed E-state index contributed by atoms with van der Waals surface area (Å²) in [6.45, 7) is 5.53. The van der Waals surface area contributed by atoms with E-state index in [0.717, 1.165) is 35.2 Å². The van der Waals surface area contributed by atoms with Crippen LogP contribution in [0.15, 0.2) is 59.1 Å². The zero-order valence-corrected chi connectivity index (χ0v) is 17.4. The first-order chi connectivity index (χ1) is 13.1. The van der Waals surface area contributed by atoms with Gasteiger partial charge in [-0.3, -0.25) is 4.79 Å². The summed E-state index contributed by atoms with van der Waals surface area (Å²) in [4.78, 5) is 14.7. The van der Waals surface area contributed by atoms with Crippen LogP contribution in [0.3, 0.4) is 0 Å². The van der Waals surface area contributed by atoms with Crippen molar-refractivity contribution in [3.05, 3.63) is 75.8 Å². The second kappa shape index (κ2) is 7.51. The molecule has 27 heavy (non-hydrogen) atoms. The number of fused-ring (bicyclic) bond motifs is 3. The average Bonchev–Trinajstić information content (AvgIpc) is 3.19. The minimum atomic E-state index is 0.122. The van der Waals surface area contributed by atoms with Crippen LogP contribution < -0.4 is 5.32 Å². The van der Waals surface area contributed by atoms with Gasteiger partial charge in [-0.05, 0) is 67.6 Å². The number of anilines is 1. The zero-order chi connectivity index (χ0) is 19.0. The average molecular weight is 425 g/mol. The molecule has 2 aromatic rings. The first kappa shape index (κ1) is 18.3. The lowest BCUT2D eigenvalue weighted by Gasteiger charge is -2.38. The molecule has 0 unspecified atom stereocenters. The Morgan fingerprint density at radius 1 is 1.15 bits per heavy atom. The van der Waals surface area contributed by atoms with Crippen molar-refractivity contribution in [2.45, 2.75) is 32.2 Å². The number of allylic oxidation sites excluding steroid dienone is 2. The molecule has 3 atom stereocenters. The fourth-order valence-corrected chi connectivity index (χ4v) is 4.69. The number of carbonyl (C=O) groups excluding carboxylic acids is 1. The molecule has 1 aliphatic carbocycles. The van der Waals surface area contributed by atoms with Gasteiger partial charge in [0, 0.05) is 34.7 Å². The van der Waals surface area contributed by atoms with Crippen LogP contribution in [0, 0.1) is 5.92 Å². The van der Waals surface area contributed by atoms with Gasteiger partial charge in [-0.25, -0.2) is 0 Å². The Labute approximate surface area is 169 Å². The van der Waals surface area contributed by atoms with Gasteiger partial charge in [0.15, 0.2) is 0 Å². The molecule has 1 aliphatic heterocycles. The minimum Gasteiger partial charge on any atom is -0.378 e. The van der Waals surface area contributed by atoms with E-state index < -0.39 is 0 Å². The van der Waals surface area contributed by atoms with Crippen molar-refractivity contribution in [3.8, 4) is 0 Å². The van der Waals surface area contributed by atoms with Gasteiger partial charge in [0.25, 0.3) is 5.91 Å². The summed E-state index contributed by atoms with van der Waals surface area (Å²) in [7, 11) is 0. The highest BCUT2D eigenvalue weighted by molar-refractivity contribution is 9.10. The summed E-state index contributed by atoms with van der Waals surface area (Å²) in [5, 5.41) is 3.75. The van der Waals surface area contributed by atoms with Crippen molar-refractivity contribution < 1.29 is 4.79 Å². The van der Waals surface area contributed by atoms with Crippen LogP contribution >= 0.6 is 15.9 Å². The SMILES string of the molecule is CCN(CC)C(=O)c1ccc2c(c1)[C@@H]1C=CC[C@H]1[C@H](c1ccc(Br)cc1)N2. The molecule has 4 heteroatoms. The van der Waals surface area contributed by atoms with E-state index >= 15 is 0 Å². The van der Waals surface area contributed by atoms with E-state index in [2.05, 4.69) is 69.8 Å². The van der Waals surface area contributed by atoms with Crippen LogP contribution in [0.4, 0.5) is 5.69 Å². The zero-order valence-electron chi connectivity index (χ0n) is 15.8. The number of hydrogen-bond acceptors (Lipinski definition) is 2. The number of hydrogen-bond donors (Lipinski definition) is 1. The molecular weight excluding hydrogens is 400 g/mol. The largest absolute Gasteiger partial charge is 0.378 e. The third kappa shape index (κ3) is 3.31. The Morgan fingerprint density at radius 2 is 1.89 bits per heavy atom. The Morgan fingerprint density at radius 3 is 2.59 bits per heavy atom. The fourth-order valence-electron chi connectivity index (χ4n) is 4.42. The molecule has 0 aromatic heterocycles. The molecule has 0 fully saturated rings. The van der Waals surface area contributed by atoms with Crippen molar-refractivity contribution in [2.75, 3.05) is 18.4 Å². The molecule has 0 spiro atoms. The van der Waals surface area contributed by atoms with E-state index in [1.807, 2.05) is 24.8 Å². The molecule has 0 saturated carbocycles. The molecule has 2 aliphatic rings. The minimum absolute atomic E-state index is 0.122. The van der Waals surface area contributed by atoms with Crippen LogP contribution in [0.1, 0.15) is 53.7 Å². The van der Waals surface area contributed by atoms with Gasteiger partial charge in [0.1, 0.15) is 0 Å². The van der Waals surface area contributed by atoms with Gasteiger partial charge < -0.3 is 10.2 Å². The number of halogens is 1. The standard InChI is InChI=1S/C23H25BrN2O/c1-3-26(4-2)23(27)16-10-13-21-20(14-16)18-6-5-7-19(18)22(25-21)15-8-11-17(24)12-9-15/h5-6,8-14,18-19,22,25H,3-4,7H2,1-2H3/t18-,19-,22+/m1/s1. The third-order valence-corrected chi connectivity index (χ3v) is 6.42. The number of carbonyl (C=O) groups is 1. The second-order valence-electron chi connectivity index (χ2n) is 7.31. The van der Waals surface area contributed by atoms with Crippen molar-refractivity contribution in [3.63, 3.8) is 0 Å². The van der Waals surface area contributed by atoms with Crippen LogP contribution in [0.25, 0.3) is 0 Å². The topological polar surface area (TPSA) is 32.3 Å². The Bertz CT molecular complexity index is 870. The van der Waals surface area contributed by atoms with Crippen molar-refractivity contribution in [1.29, 1.82) is 0 Å². The van der Waals surface area contributed by atoms with Crippen LogP contribution in [-0.4, -0.2) is 23.9 Å². The van der Waals surface area contributed by atoms with Crippen molar-refractivity contribution >= 4 is 27.5 Å². The molecular formula is C23H25BrN2O. The summed E-state index contributed by atoms with van der Waals surface area (Å²) in [6.07, 6.45) is 5.67. The van der Waals surface area contributed by atoms with Crippen LogP contribution in [-0.2, 0) is 0 Å². The number of rotatable bonds is 4. The summed E-state index contributed by atoms with van der Waals surface area (Å²) in [6, 6.07) is 15.0. The molecule has 2 aromatic carbocycles. The maximum atomic E-state index is 12.8. The summed E-state index contributed by atoms with van der Waals surface area (Å²) < 4.78 is 1.10. The van der Waals surface area contributed by atoms with Gasteiger partial charge >= 0.3 is 0 Å². The smallest absolute Gasteiger partial charge is 0.253 e. The lowest BCUT2D eigenvalue weighted by molar-refractivity contribution is 0.0773. The number of nitrogens with zero attached hydrogens (tertiary/aromatic N) is 1. The molecule has 0 radical (unpaired) electrons. The molecule has 140 valence electrons. The van der Waals surface area contributed by atoms with E-state index in [-0.39, 0.29) is 11.9 Å².